The van der Waals surface area contributed by atoms with E-state index in [1.807, 2.05) is 6.08 Å². The molecule has 0 fully saturated rings. The van der Waals surface area contributed by atoms with Crippen LogP contribution in [0.2, 0.25) is 0 Å². The fourth-order valence-corrected chi connectivity index (χ4v) is 9.96. The summed E-state index contributed by atoms with van der Waals surface area (Å²) >= 11 is 0. The van der Waals surface area contributed by atoms with E-state index in [0.29, 0.717) is 19.4 Å². The Hall–Kier alpha value is -1.92. The smallest absolute Gasteiger partial charge is 0.305 e. The highest BCUT2D eigenvalue weighted by atomic mass is 16.5. The van der Waals surface area contributed by atoms with Gasteiger partial charge < -0.3 is 20.3 Å². The van der Waals surface area contributed by atoms with Gasteiger partial charge in [0.25, 0.3) is 0 Å². The molecule has 0 aliphatic carbocycles. The highest BCUT2D eigenvalue weighted by Crippen LogP contribution is 2.17. The summed E-state index contributed by atoms with van der Waals surface area (Å²) in [5.41, 5.74) is 0. The third-order valence-corrected chi connectivity index (χ3v) is 14.9. The van der Waals surface area contributed by atoms with E-state index in [0.717, 1.165) is 44.9 Å². The van der Waals surface area contributed by atoms with Crippen molar-refractivity contribution in [2.45, 2.75) is 360 Å². The molecule has 0 radical (unpaired) electrons. The number of allylic oxidation sites excluding steroid dienone is 5. The van der Waals surface area contributed by atoms with Crippen LogP contribution in [-0.4, -0.2) is 47.4 Å². The van der Waals surface area contributed by atoms with Crippen molar-refractivity contribution in [3.05, 3.63) is 36.5 Å². The molecule has 2 atom stereocenters. The number of nitrogens with one attached hydrogen (secondary N) is 1. The zero-order valence-corrected chi connectivity index (χ0v) is 48.4. The number of carbonyl (C=O) groups excluding carboxylic acids is 2. The van der Waals surface area contributed by atoms with E-state index >= 15 is 0 Å². The maximum atomic E-state index is 12.4. The Kier molecular flexibility index (Phi) is 60.0. The molecule has 6 nitrogen and oxygen atoms in total. The van der Waals surface area contributed by atoms with E-state index in [-0.39, 0.29) is 18.5 Å². The maximum Gasteiger partial charge on any atom is 0.305 e. The van der Waals surface area contributed by atoms with E-state index in [1.54, 1.807) is 6.08 Å². The Labute approximate surface area is 449 Å². The predicted molar refractivity (Wildman–Crippen MR) is 315 cm³/mol. The number of hydrogen-bond donors (Lipinski definition) is 3. The molecule has 72 heavy (non-hydrogen) atoms. The molecule has 3 N–H and O–H groups in total. The summed E-state index contributed by atoms with van der Waals surface area (Å²) in [6.45, 7) is 4.90. The summed E-state index contributed by atoms with van der Waals surface area (Å²) in [5, 5.41) is 23.0. The number of rotatable bonds is 60. The molecule has 0 saturated heterocycles. The van der Waals surface area contributed by atoms with Crippen LogP contribution >= 0.6 is 0 Å². The lowest BCUT2D eigenvalue weighted by molar-refractivity contribution is -0.143. The van der Waals surface area contributed by atoms with E-state index in [2.05, 4.69) is 43.5 Å². The summed E-state index contributed by atoms with van der Waals surface area (Å²) in [7, 11) is 0. The Morgan fingerprint density at radius 1 is 0.389 bits per heavy atom. The van der Waals surface area contributed by atoms with Gasteiger partial charge in [0.05, 0.1) is 25.4 Å². The van der Waals surface area contributed by atoms with Crippen molar-refractivity contribution in [2.75, 3.05) is 13.2 Å². The minimum atomic E-state index is -0.845. The van der Waals surface area contributed by atoms with E-state index in [4.69, 9.17) is 4.74 Å². The van der Waals surface area contributed by atoms with Gasteiger partial charge in [-0.1, -0.05) is 307 Å². The van der Waals surface area contributed by atoms with Crippen molar-refractivity contribution < 1.29 is 24.5 Å². The Bertz CT molecular complexity index is 1170. The topological polar surface area (TPSA) is 95.9 Å². The molecule has 0 aromatic heterocycles. The van der Waals surface area contributed by atoms with Crippen LogP contribution in [0.5, 0.6) is 0 Å². The van der Waals surface area contributed by atoms with Crippen molar-refractivity contribution in [3.63, 3.8) is 0 Å². The zero-order chi connectivity index (χ0) is 52.2. The van der Waals surface area contributed by atoms with Gasteiger partial charge in [-0.2, -0.15) is 0 Å². The molecule has 0 saturated carbocycles. The van der Waals surface area contributed by atoms with Crippen LogP contribution in [0, 0.1) is 0 Å². The van der Waals surface area contributed by atoms with Crippen LogP contribution in [-0.2, 0) is 14.3 Å². The van der Waals surface area contributed by atoms with Gasteiger partial charge in [0.2, 0.25) is 5.91 Å². The molecule has 0 bridgehead atoms. The number of ether oxygens (including phenoxy) is 1. The Morgan fingerprint density at radius 3 is 1.06 bits per heavy atom. The summed E-state index contributed by atoms with van der Waals surface area (Å²) < 4.78 is 5.50. The van der Waals surface area contributed by atoms with E-state index < -0.39 is 12.1 Å². The minimum Gasteiger partial charge on any atom is -0.466 e. The highest BCUT2D eigenvalue weighted by molar-refractivity contribution is 5.76. The van der Waals surface area contributed by atoms with Gasteiger partial charge >= 0.3 is 5.97 Å². The molecule has 0 aliphatic rings. The summed E-state index contributed by atoms with van der Waals surface area (Å²) in [4.78, 5) is 24.5. The van der Waals surface area contributed by atoms with Crippen LogP contribution in [0.3, 0.4) is 0 Å². The first kappa shape index (κ1) is 70.1. The molecule has 0 rings (SSSR count). The molecule has 1 amide bonds. The van der Waals surface area contributed by atoms with Crippen LogP contribution in [0.1, 0.15) is 348 Å². The number of amides is 1. The summed E-state index contributed by atoms with van der Waals surface area (Å²) in [6, 6.07) is -0.629. The predicted octanol–water partition coefficient (Wildman–Crippen LogP) is 20.4. The lowest BCUT2D eigenvalue weighted by atomic mass is 10.0. The van der Waals surface area contributed by atoms with E-state index in [9.17, 15) is 19.8 Å². The van der Waals surface area contributed by atoms with Crippen molar-refractivity contribution >= 4 is 11.9 Å². The molecule has 424 valence electrons. The second-order valence-electron chi connectivity index (χ2n) is 22.1. The first-order valence-corrected chi connectivity index (χ1v) is 32.3. The maximum absolute atomic E-state index is 12.4. The largest absolute Gasteiger partial charge is 0.466 e. The zero-order valence-electron chi connectivity index (χ0n) is 48.4. The van der Waals surface area contributed by atoms with Gasteiger partial charge in [0.1, 0.15) is 0 Å². The molecule has 6 heteroatoms. The average molecular weight is 1010 g/mol. The second-order valence-corrected chi connectivity index (χ2v) is 22.1. The first-order valence-electron chi connectivity index (χ1n) is 32.3. The molecule has 2 unspecified atom stereocenters. The summed E-state index contributed by atoms with van der Waals surface area (Å²) in [5.74, 6) is -0.0579. The summed E-state index contributed by atoms with van der Waals surface area (Å²) in [6.07, 6.45) is 77.8. The van der Waals surface area contributed by atoms with Gasteiger partial charge in [0, 0.05) is 12.8 Å². The third-order valence-electron chi connectivity index (χ3n) is 14.9. The highest BCUT2D eigenvalue weighted by Gasteiger charge is 2.18. The van der Waals surface area contributed by atoms with Gasteiger partial charge in [-0.3, -0.25) is 9.59 Å². The Morgan fingerprint density at radius 2 is 0.694 bits per heavy atom. The quantitative estimate of drug-likeness (QED) is 0.0320. The molecular formula is C66H125NO5. The minimum absolute atomic E-state index is 0.0146. The van der Waals surface area contributed by atoms with Crippen LogP contribution in [0.25, 0.3) is 0 Å². The van der Waals surface area contributed by atoms with Crippen molar-refractivity contribution in [2.24, 2.45) is 0 Å². The normalized spacial score (nSPS) is 12.8. The van der Waals surface area contributed by atoms with Crippen LogP contribution in [0.15, 0.2) is 36.5 Å². The first-order chi connectivity index (χ1) is 35.5. The number of aliphatic hydroxyl groups is 2. The van der Waals surface area contributed by atoms with E-state index in [1.165, 1.54) is 276 Å². The van der Waals surface area contributed by atoms with Gasteiger partial charge in [-0.15, -0.1) is 0 Å². The van der Waals surface area contributed by atoms with Crippen LogP contribution < -0.4 is 5.32 Å². The van der Waals surface area contributed by atoms with Gasteiger partial charge in [-0.25, -0.2) is 0 Å². The van der Waals surface area contributed by atoms with Crippen molar-refractivity contribution in [1.29, 1.82) is 0 Å². The number of esters is 1. The van der Waals surface area contributed by atoms with Gasteiger partial charge in [0.15, 0.2) is 0 Å². The monoisotopic (exact) mass is 1010 g/mol. The van der Waals surface area contributed by atoms with Gasteiger partial charge in [-0.05, 0) is 64.2 Å². The van der Waals surface area contributed by atoms with Crippen molar-refractivity contribution in [1.82, 2.24) is 5.32 Å². The molecule has 0 aromatic carbocycles. The molecular weight excluding hydrogens is 887 g/mol. The van der Waals surface area contributed by atoms with Crippen LogP contribution in [0.4, 0.5) is 0 Å². The number of hydrogen-bond acceptors (Lipinski definition) is 5. The lowest BCUT2D eigenvalue weighted by Crippen LogP contribution is -2.45. The average Bonchev–Trinajstić information content (AvgIpc) is 3.38. The number of carbonyl (C=O) groups is 2. The fourth-order valence-electron chi connectivity index (χ4n) is 9.96. The molecule has 0 spiro atoms. The SMILES string of the molecule is CCCCCCCCCC/C=C/C(O)C(CO)NC(=O)CCCCCCCCCCCCC/C=C\C/C=C\CCCCCCCCCCCOC(=O)CCCCCCCCCCCCCCCCCCCC. The third kappa shape index (κ3) is 57.4. The molecule has 0 aliphatic heterocycles. The van der Waals surface area contributed by atoms with Crippen molar-refractivity contribution in [3.8, 4) is 0 Å². The number of unbranched alkanes of at least 4 members (excludes halogenated alkanes) is 45. The Balaban J connectivity index is 3.39. The lowest BCUT2D eigenvalue weighted by Gasteiger charge is -2.20. The molecule has 0 aromatic rings. The standard InChI is InChI=1S/C66H125NO5/c1-3-5-7-9-11-13-15-16-17-18-31-34-37-40-44-48-52-56-60-66(71)72-61-57-53-49-45-41-38-35-32-29-27-25-23-21-19-20-22-24-26-28-30-33-36-39-43-47-51-55-59-65(70)67-63(62-68)64(69)58-54-50-46-42-14-12-10-8-6-4-2/h19-20,23,25,54,58,63-64,68-69H,3-18,21-22,24,26-53,55-57,59-62H2,1-2H3,(H,67,70)/b20-19-,25-23-,58-54+. The second kappa shape index (κ2) is 61.6. The number of aliphatic hydroxyl groups excluding tert-OH is 2. The molecule has 0 heterocycles. The fraction of sp³-hybridized carbons (Fsp3) is 0.879.